The molecular weight excluding hydrogens is 262 g/mol. The zero-order valence-electron chi connectivity index (χ0n) is 10.1. The van der Waals surface area contributed by atoms with E-state index in [0.29, 0.717) is 13.1 Å². The number of likely N-dealkylation sites (N-methyl/N-ethyl adjacent to an activating group) is 2. The van der Waals surface area contributed by atoms with Crippen molar-refractivity contribution < 1.29 is 8.42 Å². The van der Waals surface area contributed by atoms with Crippen LogP contribution in [0.25, 0.3) is 0 Å². The van der Waals surface area contributed by atoms with Crippen LogP contribution in [0.2, 0.25) is 5.02 Å². The maximum atomic E-state index is 12.1. The summed E-state index contributed by atoms with van der Waals surface area (Å²) < 4.78 is 25.6. The summed E-state index contributed by atoms with van der Waals surface area (Å²) in [6, 6.07) is 1.47. The number of pyridine rings is 1. The van der Waals surface area contributed by atoms with Gasteiger partial charge in [-0.05, 0) is 20.2 Å². The molecule has 96 valence electrons. The van der Waals surface area contributed by atoms with Crippen molar-refractivity contribution in [2.75, 3.05) is 34.2 Å². The molecule has 0 unspecified atom stereocenters. The van der Waals surface area contributed by atoms with Crippen LogP contribution < -0.4 is 0 Å². The monoisotopic (exact) mass is 277 g/mol. The predicted octanol–water partition coefficient (Wildman–Crippen LogP) is 0.917. The van der Waals surface area contributed by atoms with E-state index >= 15 is 0 Å². The van der Waals surface area contributed by atoms with Crippen LogP contribution in [0.3, 0.4) is 0 Å². The quantitative estimate of drug-likeness (QED) is 0.803. The van der Waals surface area contributed by atoms with Crippen molar-refractivity contribution in [2.24, 2.45) is 0 Å². The molecule has 0 atom stereocenters. The Hall–Kier alpha value is -0.690. The van der Waals surface area contributed by atoms with Gasteiger partial charge in [-0.25, -0.2) is 8.42 Å². The third kappa shape index (κ3) is 3.64. The molecule has 0 aliphatic heterocycles. The van der Waals surface area contributed by atoms with Crippen LogP contribution in [0.15, 0.2) is 23.4 Å². The molecule has 0 spiro atoms. The normalized spacial score (nSPS) is 12.4. The van der Waals surface area contributed by atoms with Crippen LogP contribution in [0.4, 0.5) is 0 Å². The summed E-state index contributed by atoms with van der Waals surface area (Å²) >= 11 is 5.86. The van der Waals surface area contributed by atoms with E-state index in [4.69, 9.17) is 11.6 Å². The van der Waals surface area contributed by atoms with Crippen molar-refractivity contribution in [2.45, 2.75) is 4.90 Å². The minimum absolute atomic E-state index is 0.0444. The Labute approximate surface area is 107 Å². The Balaban J connectivity index is 2.92. The molecule has 1 aromatic rings. The summed E-state index contributed by atoms with van der Waals surface area (Å²) in [5.41, 5.74) is 0. The average Bonchev–Trinajstić information content (AvgIpc) is 2.26. The standard InChI is InChI=1S/C10H16ClN3O2S/c1-13(2)6-7-14(3)17(15,16)10-8-12-5-4-9(10)11/h4-5,8H,6-7H2,1-3H3. The zero-order valence-corrected chi connectivity index (χ0v) is 11.7. The lowest BCUT2D eigenvalue weighted by atomic mass is 10.5. The molecular formula is C10H16ClN3O2S. The fourth-order valence-corrected chi connectivity index (χ4v) is 2.75. The molecule has 0 bridgehead atoms. The van der Waals surface area contributed by atoms with Gasteiger partial charge in [0.25, 0.3) is 0 Å². The second-order valence-corrected chi connectivity index (χ2v) is 6.36. The lowest BCUT2D eigenvalue weighted by Gasteiger charge is -2.19. The van der Waals surface area contributed by atoms with Gasteiger partial charge in [-0.1, -0.05) is 11.6 Å². The van der Waals surface area contributed by atoms with E-state index in [1.54, 1.807) is 0 Å². The van der Waals surface area contributed by atoms with Crippen LogP contribution in [-0.2, 0) is 10.0 Å². The van der Waals surface area contributed by atoms with Gasteiger partial charge in [-0.2, -0.15) is 4.31 Å². The first-order chi connectivity index (χ1) is 7.85. The summed E-state index contributed by atoms with van der Waals surface area (Å²) in [5.74, 6) is 0. The molecule has 0 N–H and O–H groups in total. The van der Waals surface area contributed by atoms with Crippen molar-refractivity contribution in [1.82, 2.24) is 14.2 Å². The van der Waals surface area contributed by atoms with Gasteiger partial charge in [0.2, 0.25) is 10.0 Å². The minimum atomic E-state index is -3.55. The van der Waals surface area contributed by atoms with E-state index in [1.807, 2.05) is 19.0 Å². The topological polar surface area (TPSA) is 53.5 Å². The van der Waals surface area contributed by atoms with Gasteiger partial charge < -0.3 is 4.90 Å². The highest BCUT2D eigenvalue weighted by Gasteiger charge is 2.23. The van der Waals surface area contributed by atoms with Crippen LogP contribution in [0.1, 0.15) is 0 Å². The first kappa shape index (κ1) is 14.4. The van der Waals surface area contributed by atoms with Gasteiger partial charge in [0.1, 0.15) is 4.90 Å². The van der Waals surface area contributed by atoms with Crippen LogP contribution >= 0.6 is 11.6 Å². The van der Waals surface area contributed by atoms with Gasteiger partial charge in [0.05, 0.1) is 5.02 Å². The van der Waals surface area contributed by atoms with Gasteiger partial charge in [-0.15, -0.1) is 0 Å². The van der Waals surface area contributed by atoms with Gasteiger partial charge in [0, 0.05) is 32.5 Å². The van der Waals surface area contributed by atoms with Crippen LogP contribution in [0, 0.1) is 0 Å². The van der Waals surface area contributed by atoms with Gasteiger partial charge >= 0.3 is 0 Å². The molecule has 7 heteroatoms. The molecule has 17 heavy (non-hydrogen) atoms. The molecule has 0 aromatic carbocycles. The molecule has 0 aliphatic rings. The maximum absolute atomic E-state index is 12.1. The summed E-state index contributed by atoms with van der Waals surface area (Å²) in [7, 11) is 1.75. The summed E-state index contributed by atoms with van der Waals surface area (Å²) in [4.78, 5) is 5.75. The first-order valence-electron chi connectivity index (χ1n) is 5.06. The van der Waals surface area contributed by atoms with E-state index in [2.05, 4.69) is 4.98 Å². The van der Waals surface area contributed by atoms with E-state index in [9.17, 15) is 8.42 Å². The largest absolute Gasteiger partial charge is 0.308 e. The number of aromatic nitrogens is 1. The Morgan fingerprint density at radius 2 is 1.94 bits per heavy atom. The second kappa shape index (κ2) is 5.77. The number of halogens is 1. The van der Waals surface area contributed by atoms with Crippen molar-refractivity contribution >= 4 is 21.6 Å². The van der Waals surface area contributed by atoms with Crippen LogP contribution in [0.5, 0.6) is 0 Å². The van der Waals surface area contributed by atoms with E-state index in [-0.39, 0.29) is 9.92 Å². The molecule has 0 radical (unpaired) electrons. The number of hydrogen-bond acceptors (Lipinski definition) is 4. The average molecular weight is 278 g/mol. The molecule has 1 heterocycles. The smallest absolute Gasteiger partial charge is 0.245 e. The highest BCUT2D eigenvalue weighted by atomic mass is 35.5. The van der Waals surface area contributed by atoms with Gasteiger partial charge in [0.15, 0.2) is 0 Å². The summed E-state index contributed by atoms with van der Waals surface area (Å²) in [6.07, 6.45) is 2.73. The molecule has 1 rings (SSSR count). The van der Waals surface area contributed by atoms with E-state index in [0.717, 1.165) is 0 Å². The second-order valence-electron chi connectivity index (χ2n) is 3.94. The zero-order chi connectivity index (χ0) is 13.1. The molecule has 0 saturated heterocycles. The van der Waals surface area contributed by atoms with E-state index < -0.39 is 10.0 Å². The summed E-state index contributed by atoms with van der Waals surface area (Å²) in [6.45, 7) is 1.05. The SMILES string of the molecule is CN(C)CCN(C)S(=O)(=O)c1cnccc1Cl. The lowest BCUT2D eigenvalue weighted by Crippen LogP contribution is -2.33. The first-order valence-corrected chi connectivity index (χ1v) is 6.88. The van der Waals surface area contributed by atoms with Crippen molar-refractivity contribution in [3.63, 3.8) is 0 Å². The summed E-state index contributed by atoms with van der Waals surface area (Å²) in [5, 5.41) is 0.191. The van der Waals surface area contributed by atoms with Crippen molar-refractivity contribution in [3.8, 4) is 0 Å². The van der Waals surface area contributed by atoms with Crippen molar-refractivity contribution in [1.29, 1.82) is 0 Å². The third-order valence-electron chi connectivity index (χ3n) is 2.28. The third-order valence-corrected chi connectivity index (χ3v) is 4.61. The highest BCUT2D eigenvalue weighted by molar-refractivity contribution is 7.89. The van der Waals surface area contributed by atoms with Crippen LogP contribution in [-0.4, -0.2) is 56.8 Å². The Morgan fingerprint density at radius 3 is 2.47 bits per heavy atom. The Kier molecular flexibility index (Phi) is 4.88. The van der Waals surface area contributed by atoms with Crippen molar-refractivity contribution in [3.05, 3.63) is 23.5 Å². The molecule has 1 aromatic heterocycles. The Bertz CT molecular complexity index is 476. The lowest BCUT2D eigenvalue weighted by molar-refractivity contribution is 0.358. The van der Waals surface area contributed by atoms with E-state index in [1.165, 1.54) is 29.8 Å². The minimum Gasteiger partial charge on any atom is -0.308 e. The molecule has 0 amide bonds. The molecule has 0 saturated carbocycles. The highest BCUT2D eigenvalue weighted by Crippen LogP contribution is 2.22. The number of nitrogens with zero attached hydrogens (tertiary/aromatic N) is 3. The molecule has 0 aliphatic carbocycles. The predicted molar refractivity (Wildman–Crippen MR) is 67.6 cm³/mol. The fourth-order valence-electron chi connectivity index (χ4n) is 1.18. The Morgan fingerprint density at radius 1 is 1.29 bits per heavy atom. The maximum Gasteiger partial charge on any atom is 0.245 e. The van der Waals surface area contributed by atoms with Gasteiger partial charge in [-0.3, -0.25) is 4.98 Å². The molecule has 5 nitrogen and oxygen atoms in total. The molecule has 0 fully saturated rings. The number of sulfonamides is 1. The number of rotatable bonds is 5. The fraction of sp³-hybridized carbons (Fsp3) is 0.500. The number of hydrogen-bond donors (Lipinski definition) is 0.